The Hall–Kier alpha value is -0.680. The molecule has 0 aliphatic carbocycles. The molecule has 1 unspecified atom stereocenters. The third-order valence-electron chi connectivity index (χ3n) is 2.40. The van der Waals surface area contributed by atoms with Gasteiger partial charge in [-0.1, -0.05) is 15.9 Å². The zero-order valence-electron chi connectivity index (χ0n) is 8.69. The van der Waals surface area contributed by atoms with Crippen molar-refractivity contribution >= 4 is 21.7 Å². The van der Waals surface area contributed by atoms with E-state index in [4.69, 9.17) is 4.74 Å². The molecule has 15 heavy (non-hydrogen) atoms. The van der Waals surface area contributed by atoms with E-state index in [0.29, 0.717) is 0 Å². The number of anilines is 1. The topological polar surface area (TPSA) is 38.2 Å². The van der Waals surface area contributed by atoms with Gasteiger partial charge in [0.15, 0.2) is 0 Å². The Labute approximate surface area is 97.8 Å². The highest BCUT2D eigenvalue weighted by Gasteiger charge is 2.20. The van der Waals surface area contributed by atoms with Crippen LogP contribution < -0.4 is 4.90 Å². The van der Waals surface area contributed by atoms with Crippen molar-refractivity contribution in [1.82, 2.24) is 9.97 Å². The highest BCUT2D eigenvalue weighted by atomic mass is 79.9. The summed E-state index contributed by atoms with van der Waals surface area (Å²) in [4.78, 5) is 10.7. The number of ether oxygens (including phenoxy) is 1. The van der Waals surface area contributed by atoms with Gasteiger partial charge in [-0.15, -0.1) is 0 Å². The molecular weight excluding hydrogens is 258 g/mol. The average Bonchev–Trinajstić information content (AvgIpc) is 2.29. The first-order chi connectivity index (χ1) is 7.29. The molecule has 1 aromatic heterocycles. The van der Waals surface area contributed by atoms with Gasteiger partial charge in [-0.3, -0.25) is 0 Å². The Bertz CT molecular complexity index is 334. The Morgan fingerprint density at radius 2 is 2.53 bits per heavy atom. The van der Waals surface area contributed by atoms with E-state index < -0.39 is 0 Å². The second kappa shape index (κ2) is 4.90. The van der Waals surface area contributed by atoms with E-state index in [1.54, 1.807) is 6.20 Å². The zero-order valence-corrected chi connectivity index (χ0v) is 10.3. The molecule has 0 spiro atoms. The number of aromatic nitrogens is 2. The van der Waals surface area contributed by atoms with Crippen LogP contribution in [0, 0.1) is 6.92 Å². The lowest BCUT2D eigenvalue weighted by molar-refractivity contribution is 0.0568. The van der Waals surface area contributed by atoms with Crippen LogP contribution in [0.3, 0.4) is 0 Å². The van der Waals surface area contributed by atoms with Crippen molar-refractivity contribution in [1.29, 1.82) is 0 Å². The minimum atomic E-state index is 0.258. The SMILES string of the molecule is Cc1nccc(N2CCOC(CBr)C2)n1. The summed E-state index contributed by atoms with van der Waals surface area (Å²) in [6.45, 7) is 4.47. The fourth-order valence-electron chi connectivity index (χ4n) is 1.64. The molecule has 4 nitrogen and oxygen atoms in total. The van der Waals surface area contributed by atoms with E-state index in [1.165, 1.54) is 0 Å². The monoisotopic (exact) mass is 271 g/mol. The fraction of sp³-hybridized carbons (Fsp3) is 0.600. The van der Waals surface area contributed by atoms with Crippen LogP contribution in [0.5, 0.6) is 0 Å². The molecule has 2 rings (SSSR count). The van der Waals surface area contributed by atoms with Crippen LogP contribution in [0.2, 0.25) is 0 Å². The summed E-state index contributed by atoms with van der Waals surface area (Å²) in [7, 11) is 0. The van der Waals surface area contributed by atoms with E-state index in [-0.39, 0.29) is 6.10 Å². The Morgan fingerprint density at radius 3 is 3.27 bits per heavy atom. The number of rotatable bonds is 2. The molecule has 0 radical (unpaired) electrons. The Balaban J connectivity index is 2.09. The largest absolute Gasteiger partial charge is 0.374 e. The first-order valence-electron chi connectivity index (χ1n) is 5.02. The summed E-state index contributed by atoms with van der Waals surface area (Å²) in [5.41, 5.74) is 0. The van der Waals surface area contributed by atoms with Gasteiger partial charge >= 0.3 is 0 Å². The smallest absolute Gasteiger partial charge is 0.132 e. The van der Waals surface area contributed by atoms with Crippen LogP contribution in [0.15, 0.2) is 12.3 Å². The second-order valence-electron chi connectivity index (χ2n) is 3.56. The maximum absolute atomic E-state index is 5.58. The molecule has 1 aliphatic heterocycles. The maximum Gasteiger partial charge on any atom is 0.132 e. The number of alkyl halides is 1. The highest BCUT2D eigenvalue weighted by molar-refractivity contribution is 9.09. The van der Waals surface area contributed by atoms with Crippen LogP contribution in [0.25, 0.3) is 0 Å². The van der Waals surface area contributed by atoms with Gasteiger partial charge in [0, 0.05) is 24.6 Å². The normalized spacial score (nSPS) is 21.7. The van der Waals surface area contributed by atoms with Crippen molar-refractivity contribution in [2.75, 3.05) is 29.9 Å². The molecular formula is C10H14BrN3O. The van der Waals surface area contributed by atoms with Crippen molar-refractivity contribution in [3.63, 3.8) is 0 Å². The van der Waals surface area contributed by atoms with Crippen molar-refractivity contribution in [3.8, 4) is 0 Å². The molecule has 1 atom stereocenters. The second-order valence-corrected chi connectivity index (χ2v) is 4.20. The van der Waals surface area contributed by atoms with Gasteiger partial charge in [-0.25, -0.2) is 9.97 Å². The molecule has 1 aromatic rings. The van der Waals surface area contributed by atoms with Crippen molar-refractivity contribution in [3.05, 3.63) is 18.1 Å². The van der Waals surface area contributed by atoms with E-state index in [2.05, 4.69) is 30.8 Å². The lowest BCUT2D eigenvalue weighted by Crippen LogP contribution is -2.43. The summed E-state index contributed by atoms with van der Waals surface area (Å²) in [6.07, 6.45) is 2.06. The fourth-order valence-corrected chi connectivity index (χ4v) is 2.03. The van der Waals surface area contributed by atoms with E-state index in [1.807, 2.05) is 13.0 Å². The van der Waals surface area contributed by atoms with Crippen LogP contribution in [-0.2, 0) is 4.74 Å². The average molecular weight is 272 g/mol. The Kier molecular flexibility index (Phi) is 3.53. The summed E-state index contributed by atoms with van der Waals surface area (Å²) in [6, 6.07) is 1.95. The van der Waals surface area contributed by atoms with Crippen LogP contribution in [0.1, 0.15) is 5.82 Å². The summed E-state index contributed by atoms with van der Waals surface area (Å²) >= 11 is 3.44. The molecule has 0 aromatic carbocycles. The molecule has 0 amide bonds. The lowest BCUT2D eigenvalue weighted by atomic mass is 10.3. The molecule has 5 heteroatoms. The molecule has 1 saturated heterocycles. The number of hydrogen-bond acceptors (Lipinski definition) is 4. The molecule has 0 bridgehead atoms. The zero-order chi connectivity index (χ0) is 10.7. The first kappa shape index (κ1) is 10.8. The van der Waals surface area contributed by atoms with Gasteiger partial charge in [-0.2, -0.15) is 0 Å². The first-order valence-corrected chi connectivity index (χ1v) is 6.14. The number of halogens is 1. The quantitative estimate of drug-likeness (QED) is 0.762. The van der Waals surface area contributed by atoms with Gasteiger partial charge in [0.25, 0.3) is 0 Å². The predicted molar refractivity (Wildman–Crippen MR) is 62.5 cm³/mol. The Morgan fingerprint density at radius 1 is 1.67 bits per heavy atom. The van der Waals surface area contributed by atoms with E-state index >= 15 is 0 Å². The molecule has 0 N–H and O–H groups in total. The van der Waals surface area contributed by atoms with E-state index in [0.717, 1.165) is 36.7 Å². The molecule has 1 aliphatic rings. The number of hydrogen-bond donors (Lipinski definition) is 0. The van der Waals surface area contributed by atoms with E-state index in [9.17, 15) is 0 Å². The third kappa shape index (κ3) is 2.66. The van der Waals surface area contributed by atoms with Gasteiger partial charge in [0.2, 0.25) is 0 Å². The summed E-state index contributed by atoms with van der Waals surface area (Å²) < 4.78 is 5.58. The standard InChI is InChI=1S/C10H14BrN3O/c1-8-12-3-2-10(13-8)14-4-5-15-9(6-11)7-14/h2-3,9H,4-7H2,1H3. The van der Waals surface area contributed by atoms with Crippen molar-refractivity contribution in [2.24, 2.45) is 0 Å². The highest BCUT2D eigenvalue weighted by Crippen LogP contribution is 2.15. The number of nitrogens with zero attached hydrogens (tertiary/aromatic N) is 3. The minimum absolute atomic E-state index is 0.258. The van der Waals surface area contributed by atoms with Gasteiger partial charge < -0.3 is 9.64 Å². The van der Waals surface area contributed by atoms with Crippen LogP contribution >= 0.6 is 15.9 Å². The predicted octanol–water partition coefficient (Wildman–Crippen LogP) is 1.39. The molecule has 1 fully saturated rings. The van der Waals surface area contributed by atoms with Gasteiger partial charge in [0.1, 0.15) is 11.6 Å². The van der Waals surface area contributed by atoms with Crippen LogP contribution in [-0.4, -0.2) is 41.1 Å². The van der Waals surface area contributed by atoms with Gasteiger partial charge in [0.05, 0.1) is 12.7 Å². The lowest BCUT2D eigenvalue weighted by Gasteiger charge is -2.32. The number of morpholine rings is 1. The number of aryl methyl sites for hydroxylation is 1. The summed E-state index contributed by atoms with van der Waals surface area (Å²) in [5, 5.41) is 0.869. The molecule has 2 heterocycles. The third-order valence-corrected chi connectivity index (χ3v) is 3.12. The van der Waals surface area contributed by atoms with Gasteiger partial charge in [-0.05, 0) is 13.0 Å². The molecule has 82 valence electrons. The molecule has 0 saturated carbocycles. The maximum atomic E-state index is 5.58. The van der Waals surface area contributed by atoms with Crippen molar-refractivity contribution < 1.29 is 4.74 Å². The minimum Gasteiger partial charge on any atom is -0.374 e. The summed E-state index contributed by atoms with van der Waals surface area (Å²) in [5.74, 6) is 1.81. The van der Waals surface area contributed by atoms with Crippen molar-refractivity contribution in [2.45, 2.75) is 13.0 Å². The van der Waals surface area contributed by atoms with Crippen LogP contribution in [0.4, 0.5) is 5.82 Å².